The van der Waals surface area contributed by atoms with Gasteiger partial charge in [0.25, 0.3) is 0 Å². The Kier molecular flexibility index (Phi) is 5.71. The molecule has 0 saturated carbocycles. The van der Waals surface area contributed by atoms with E-state index in [1.165, 1.54) is 12.1 Å². The van der Waals surface area contributed by atoms with Crippen LogP contribution >= 0.6 is 35.6 Å². The summed E-state index contributed by atoms with van der Waals surface area (Å²) < 4.78 is 13.2. The molecule has 14 heavy (non-hydrogen) atoms. The molecule has 1 aromatic carbocycles. The van der Waals surface area contributed by atoms with Crippen molar-refractivity contribution in [2.45, 2.75) is 6.04 Å². The highest BCUT2D eigenvalue weighted by Gasteiger charge is 2.16. The highest BCUT2D eigenvalue weighted by atomic mass is 35.5. The third kappa shape index (κ3) is 2.72. The molecule has 0 aliphatic rings. The summed E-state index contributed by atoms with van der Waals surface area (Å²) in [5, 5.41) is 0.418. The van der Waals surface area contributed by atoms with Gasteiger partial charge in [-0.1, -0.05) is 23.2 Å². The van der Waals surface area contributed by atoms with Crippen LogP contribution in [0.2, 0.25) is 10.0 Å². The lowest BCUT2D eigenvalue weighted by Crippen LogP contribution is -2.22. The van der Waals surface area contributed by atoms with E-state index >= 15 is 0 Å². The van der Waals surface area contributed by atoms with Gasteiger partial charge in [-0.2, -0.15) is 0 Å². The van der Waals surface area contributed by atoms with Gasteiger partial charge in [-0.3, -0.25) is 0 Å². The Morgan fingerprint density at radius 1 is 1.36 bits per heavy atom. The normalized spacial score (nSPS) is 12.1. The molecule has 0 unspecified atom stereocenters. The molecule has 0 aliphatic carbocycles. The quantitative estimate of drug-likeness (QED) is 0.802. The van der Waals surface area contributed by atoms with E-state index in [-0.39, 0.29) is 34.6 Å². The summed E-state index contributed by atoms with van der Waals surface area (Å²) in [6.07, 6.45) is 0. The molecule has 0 bridgehead atoms. The van der Waals surface area contributed by atoms with Gasteiger partial charge in [0.05, 0.1) is 10.0 Å². The smallest absolute Gasteiger partial charge is 0.129 e. The van der Waals surface area contributed by atoms with Gasteiger partial charge in [-0.25, -0.2) is 4.39 Å². The zero-order valence-corrected chi connectivity index (χ0v) is 9.46. The molecular weight excluding hydrogens is 249 g/mol. The number of hydrogen-bond donors (Lipinski definition) is 2. The van der Waals surface area contributed by atoms with Crippen LogP contribution in [0.3, 0.4) is 0 Å². The summed E-state index contributed by atoms with van der Waals surface area (Å²) in [5.41, 5.74) is 11.0. The molecule has 1 aromatic rings. The number of rotatable bonds is 2. The highest BCUT2D eigenvalue weighted by Crippen LogP contribution is 2.30. The van der Waals surface area contributed by atoms with Crippen molar-refractivity contribution in [2.75, 3.05) is 6.54 Å². The van der Waals surface area contributed by atoms with Gasteiger partial charge in [-0.15, -0.1) is 12.4 Å². The van der Waals surface area contributed by atoms with Crippen LogP contribution < -0.4 is 11.5 Å². The average Bonchev–Trinajstić information content (AvgIpc) is 2.12. The van der Waals surface area contributed by atoms with Gasteiger partial charge >= 0.3 is 0 Å². The van der Waals surface area contributed by atoms with Crippen molar-refractivity contribution in [1.82, 2.24) is 0 Å². The number of halogens is 4. The first-order valence-corrected chi connectivity index (χ1v) is 4.42. The molecule has 1 rings (SSSR count). The van der Waals surface area contributed by atoms with Crippen LogP contribution in [0.1, 0.15) is 11.6 Å². The summed E-state index contributed by atoms with van der Waals surface area (Å²) >= 11 is 11.5. The number of nitrogens with two attached hydrogens (primary N) is 2. The fourth-order valence-corrected chi connectivity index (χ4v) is 1.46. The van der Waals surface area contributed by atoms with Crippen molar-refractivity contribution in [1.29, 1.82) is 0 Å². The van der Waals surface area contributed by atoms with E-state index in [9.17, 15) is 4.39 Å². The maximum Gasteiger partial charge on any atom is 0.129 e. The van der Waals surface area contributed by atoms with Gasteiger partial charge < -0.3 is 11.5 Å². The Balaban J connectivity index is 0.00000169. The third-order valence-corrected chi connectivity index (χ3v) is 2.52. The van der Waals surface area contributed by atoms with E-state index in [1.54, 1.807) is 0 Å². The molecule has 0 spiro atoms. The molecule has 0 aliphatic heterocycles. The second kappa shape index (κ2) is 5.73. The standard InChI is InChI=1S/C8H9Cl2FN2.ClH/c9-4-1-2-5(11)7(8(4)10)6(13)3-12;/h1-2,6H,3,12-13H2;1H/t6-;/m0./s1. The first kappa shape index (κ1) is 13.9. The van der Waals surface area contributed by atoms with Gasteiger partial charge in [0.15, 0.2) is 0 Å². The van der Waals surface area contributed by atoms with Gasteiger partial charge in [0, 0.05) is 18.2 Å². The van der Waals surface area contributed by atoms with E-state index in [0.717, 1.165) is 0 Å². The lowest BCUT2D eigenvalue weighted by molar-refractivity contribution is 0.584. The zero-order chi connectivity index (χ0) is 10.0. The van der Waals surface area contributed by atoms with Crippen molar-refractivity contribution in [2.24, 2.45) is 11.5 Å². The van der Waals surface area contributed by atoms with Crippen LogP contribution in [0, 0.1) is 5.82 Å². The molecule has 0 saturated heterocycles. The van der Waals surface area contributed by atoms with Crippen LogP contribution in [0.25, 0.3) is 0 Å². The summed E-state index contributed by atoms with van der Waals surface area (Å²) in [7, 11) is 0. The third-order valence-electron chi connectivity index (χ3n) is 1.70. The Bertz CT molecular complexity index is 320. The molecule has 1 atom stereocenters. The second-order valence-corrected chi connectivity index (χ2v) is 3.38. The van der Waals surface area contributed by atoms with Crippen molar-refractivity contribution in [3.8, 4) is 0 Å². The van der Waals surface area contributed by atoms with Crippen molar-refractivity contribution in [3.63, 3.8) is 0 Å². The number of benzene rings is 1. The molecule has 0 radical (unpaired) electrons. The van der Waals surface area contributed by atoms with Crippen LogP contribution in [0.4, 0.5) is 4.39 Å². The SMILES string of the molecule is Cl.NC[C@H](N)c1c(F)ccc(Cl)c1Cl. The molecular formula is C8H10Cl3FN2. The van der Waals surface area contributed by atoms with Crippen molar-refractivity contribution >= 4 is 35.6 Å². The van der Waals surface area contributed by atoms with Gasteiger partial charge in [0.2, 0.25) is 0 Å². The summed E-state index contributed by atoms with van der Waals surface area (Å²) in [6, 6.07) is 1.98. The van der Waals surface area contributed by atoms with Gasteiger partial charge in [-0.05, 0) is 12.1 Å². The maximum absolute atomic E-state index is 13.2. The lowest BCUT2D eigenvalue weighted by Gasteiger charge is -2.12. The van der Waals surface area contributed by atoms with Crippen LogP contribution in [0.5, 0.6) is 0 Å². The average molecular weight is 260 g/mol. The molecule has 0 fully saturated rings. The minimum absolute atomic E-state index is 0. The predicted octanol–water partition coefficient (Wildman–Crippen LogP) is 2.51. The van der Waals surface area contributed by atoms with Crippen LogP contribution in [-0.4, -0.2) is 6.54 Å². The Morgan fingerprint density at radius 2 is 1.93 bits per heavy atom. The predicted molar refractivity (Wildman–Crippen MR) is 59.7 cm³/mol. The van der Waals surface area contributed by atoms with E-state index in [2.05, 4.69) is 0 Å². The zero-order valence-electron chi connectivity index (χ0n) is 7.14. The molecule has 2 nitrogen and oxygen atoms in total. The Labute approximate surface area is 97.8 Å². The van der Waals surface area contributed by atoms with E-state index < -0.39 is 11.9 Å². The summed E-state index contributed by atoms with van der Waals surface area (Å²) in [6.45, 7) is 0.122. The van der Waals surface area contributed by atoms with Gasteiger partial charge in [0.1, 0.15) is 5.82 Å². The molecule has 0 aromatic heterocycles. The van der Waals surface area contributed by atoms with Crippen molar-refractivity contribution in [3.05, 3.63) is 33.6 Å². The second-order valence-electron chi connectivity index (χ2n) is 2.60. The summed E-state index contributed by atoms with van der Waals surface area (Å²) in [5.74, 6) is -0.479. The number of hydrogen-bond acceptors (Lipinski definition) is 2. The van der Waals surface area contributed by atoms with Crippen LogP contribution in [-0.2, 0) is 0 Å². The first-order chi connectivity index (χ1) is 6.07. The van der Waals surface area contributed by atoms with E-state index in [4.69, 9.17) is 34.7 Å². The lowest BCUT2D eigenvalue weighted by atomic mass is 10.1. The minimum Gasteiger partial charge on any atom is -0.329 e. The first-order valence-electron chi connectivity index (χ1n) is 3.67. The monoisotopic (exact) mass is 258 g/mol. The van der Waals surface area contributed by atoms with E-state index in [1.807, 2.05) is 0 Å². The molecule has 80 valence electrons. The molecule has 0 amide bonds. The Morgan fingerprint density at radius 3 is 2.43 bits per heavy atom. The molecule has 0 heterocycles. The van der Waals surface area contributed by atoms with Crippen molar-refractivity contribution < 1.29 is 4.39 Å². The molecule has 6 heteroatoms. The largest absolute Gasteiger partial charge is 0.329 e. The fraction of sp³-hybridized carbons (Fsp3) is 0.250. The topological polar surface area (TPSA) is 52.0 Å². The highest BCUT2D eigenvalue weighted by molar-refractivity contribution is 6.42. The Hall–Kier alpha value is -0.0600. The summed E-state index contributed by atoms with van der Waals surface area (Å²) in [4.78, 5) is 0. The molecule has 4 N–H and O–H groups in total. The van der Waals surface area contributed by atoms with E-state index in [0.29, 0.717) is 0 Å². The minimum atomic E-state index is -0.619. The maximum atomic E-state index is 13.2. The fourth-order valence-electron chi connectivity index (χ4n) is 1.00. The van der Waals surface area contributed by atoms with Crippen LogP contribution in [0.15, 0.2) is 12.1 Å².